The largest absolute Gasteiger partial charge is 0.452 e. The summed E-state index contributed by atoms with van der Waals surface area (Å²) < 4.78 is 23.7. The Kier molecular flexibility index (Phi) is 6.40. The number of aromatic nitrogens is 4. The molecule has 4 heterocycles. The number of carbonyl (C=O) groups is 2. The average Bonchev–Trinajstić information content (AvgIpc) is 3.32. The molecule has 2 aliphatic heterocycles. The second kappa shape index (κ2) is 9.11. The molecule has 2 aromatic heterocycles. The van der Waals surface area contributed by atoms with Gasteiger partial charge < -0.3 is 29.0 Å². The van der Waals surface area contributed by atoms with Crippen LogP contribution >= 0.6 is 11.6 Å². The number of esters is 2. The van der Waals surface area contributed by atoms with Crippen LogP contribution in [0.25, 0.3) is 11.2 Å². The first-order valence-corrected chi connectivity index (χ1v) is 10.5. The van der Waals surface area contributed by atoms with E-state index in [2.05, 4.69) is 20.9 Å². The lowest BCUT2D eigenvalue weighted by Gasteiger charge is -2.32. The van der Waals surface area contributed by atoms with E-state index in [0.717, 1.165) is 6.92 Å². The van der Waals surface area contributed by atoms with Crippen molar-refractivity contribution in [2.45, 2.75) is 37.9 Å². The molecule has 4 rings (SSSR count). The van der Waals surface area contributed by atoms with Crippen LogP contribution in [0.4, 0.5) is 5.82 Å². The van der Waals surface area contributed by atoms with Crippen molar-refractivity contribution in [3.8, 4) is 12.3 Å². The van der Waals surface area contributed by atoms with Gasteiger partial charge in [-0.15, -0.1) is 6.42 Å². The Morgan fingerprint density at radius 3 is 2.67 bits per heavy atom. The van der Waals surface area contributed by atoms with E-state index in [4.69, 9.17) is 37.0 Å². The molecule has 0 aliphatic carbocycles. The molecular formula is C20H22ClN5O7. The highest BCUT2D eigenvalue weighted by Gasteiger charge is 2.61. The van der Waals surface area contributed by atoms with Crippen LogP contribution in [0.15, 0.2) is 6.33 Å². The van der Waals surface area contributed by atoms with Gasteiger partial charge in [-0.25, -0.2) is 4.98 Å². The van der Waals surface area contributed by atoms with Gasteiger partial charge >= 0.3 is 11.9 Å². The van der Waals surface area contributed by atoms with Gasteiger partial charge in [0.2, 0.25) is 17.0 Å². The Labute approximate surface area is 193 Å². The number of imidazole rings is 1. The van der Waals surface area contributed by atoms with Crippen molar-refractivity contribution in [3.63, 3.8) is 0 Å². The van der Waals surface area contributed by atoms with E-state index in [0.29, 0.717) is 37.6 Å². The van der Waals surface area contributed by atoms with Gasteiger partial charge in [0.25, 0.3) is 0 Å². The zero-order chi connectivity index (χ0) is 23.8. The molecule has 12 nitrogen and oxygen atoms in total. The summed E-state index contributed by atoms with van der Waals surface area (Å²) in [5.74, 6) is 1.45. The molecule has 0 aromatic carbocycles. The highest BCUT2D eigenvalue weighted by atomic mass is 35.5. The molecule has 33 heavy (non-hydrogen) atoms. The highest BCUT2D eigenvalue weighted by molar-refractivity contribution is 6.28. The summed E-state index contributed by atoms with van der Waals surface area (Å²) in [6, 6.07) is 0. The third-order valence-corrected chi connectivity index (χ3v) is 5.59. The predicted molar refractivity (Wildman–Crippen MR) is 113 cm³/mol. The van der Waals surface area contributed by atoms with Crippen LogP contribution < -0.4 is 4.90 Å². The van der Waals surface area contributed by atoms with Gasteiger partial charge in [0.15, 0.2) is 23.2 Å². The quantitative estimate of drug-likeness (QED) is 0.354. The number of nitrogens with zero attached hydrogens (tertiary/aromatic N) is 5. The van der Waals surface area contributed by atoms with Crippen LogP contribution in [0, 0.1) is 12.3 Å². The van der Waals surface area contributed by atoms with Crippen molar-refractivity contribution in [3.05, 3.63) is 11.6 Å². The van der Waals surface area contributed by atoms with Crippen molar-refractivity contribution in [1.29, 1.82) is 0 Å². The number of carbonyl (C=O) groups excluding carboxylic acids is 2. The van der Waals surface area contributed by atoms with Crippen LogP contribution in [-0.4, -0.2) is 87.3 Å². The predicted octanol–water partition coefficient (Wildman–Crippen LogP) is 0.0728. The van der Waals surface area contributed by atoms with Crippen LogP contribution in [-0.2, 0) is 28.5 Å². The maximum Gasteiger partial charge on any atom is 0.304 e. The van der Waals surface area contributed by atoms with Gasteiger partial charge in [-0.3, -0.25) is 14.2 Å². The smallest absolute Gasteiger partial charge is 0.304 e. The van der Waals surface area contributed by atoms with Gasteiger partial charge in [0, 0.05) is 26.9 Å². The lowest BCUT2D eigenvalue weighted by atomic mass is 9.92. The number of aliphatic hydroxyl groups is 1. The molecule has 2 aromatic rings. The summed E-state index contributed by atoms with van der Waals surface area (Å²) in [7, 11) is 0. The fourth-order valence-electron chi connectivity index (χ4n) is 4.07. The maximum absolute atomic E-state index is 11.9. The lowest BCUT2D eigenvalue weighted by Crippen LogP contribution is -2.52. The number of hydrogen-bond acceptors (Lipinski definition) is 11. The van der Waals surface area contributed by atoms with Gasteiger partial charge in [0.05, 0.1) is 26.1 Å². The summed E-state index contributed by atoms with van der Waals surface area (Å²) >= 11 is 6.22. The molecule has 4 atom stereocenters. The first kappa shape index (κ1) is 23.2. The topological polar surface area (TPSA) is 138 Å². The molecule has 2 saturated heterocycles. The molecule has 0 spiro atoms. The molecule has 13 heteroatoms. The first-order chi connectivity index (χ1) is 15.8. The standard InChI is InChI=1S/C20H22ClN5O7/c1-4-20(33-12(3)29)13(9-27)32-18(15(20)31-11(2)28)26-10-22-14-16(23-19(21)24-17(14)26)25-5-7-30-8-6-25/h1,10,13,15,18,27H,5-9H2,2-3H3/t13-,15+,18-,20-/m1/s1. The molecule has 0 amide bonds. The minimum atomic E-state index is -1.88. The van der Waals surface area contributed by atoms with Crippen LogP contribution in [0.2, 0.25) is 5.28 Å². The minimum Gasteiger partial charge on any atom is -0.452 e. The summed E-state index contributed by atoms with van der Waals surface area (Å²) in [5, 5.41) is 9.91. The summed E-state index contributed by atoms with van der Waals surface area (Å²) in [6.07, 6.45) is 3.51. The second-order valence-corrected chi connectivity index (χ2v) is 7.84. The Morgan fingerprint density at radius 2 is 2.06 bits per heavy atom. The number of ether oxygens (including phenoxy) is 4. The normalized spacial score (nSPS) is 27.4. The Morgan fingerprint density at radius 1 is 1.33 bits per heavy atom. The molecule has 1 N–H and O–H groups in total. The number of halogens is 1. The summed E-state index contributed by atoms with van der Waals surface area (Å²) in [5.41, 5.74) is -1.17. The second-order valence-electron chi connectivity index (χ2n) is 7.50. The third-order valence-electron chi connectivity index (χ3n) is 5.42. The van der Waals surface area contributed by atoms with Crippen LogP contribution in [0.5, 0.6) is 0 Å². The van der Waals surface area contributed by atoms with E-state index < -0.39 is 42.6 Å². The van der Waals surface area contributed by atoms with Crippen LogP contribution in [0.3, 0.4) is 0 Å². The minimum absolute atomic E-state index is 0.0327. The van der Waals surface area contributed by atoms with Crippen LogP contribution in [0.1, 0.15) is 20.1 Å². The Hall–Kier alpha value is -2.98. The van der Waals surface area contributed by atoms with Crippen molar-refractivity contribution >= 4 is 40.5 Å². The van der Waals surface area contributed by atoms with Crippen molar-refractivity contribution < 1.29 is 33.6 Å². The summed E-state index contributed by atoms with van der Waals surface area (Å²) in [6.45, 7) is 3.95. The van der Waals surface area contributed by atoms with E-state index in [9.17, 15) is 14.7 Å². The monoisotopic (exact) mass is 479 g/mol. The Balaban J connectivity index is 1.84. The fourth-order valence-corrected chi connectivity index (χ4v) is 4.23. The number of anilines is 1. The van der Waals surface area contributed by atoms with Crippen molar-refractivity contribution in [1.82, 2.24) is 19.5 Å². The van der Waals surface area contributed by atoms with Gasteiger partial charge in [-0.05, 0) is 11.6 Å². The number of fused-ring (bicyclic) bond motifs is 1. The molecular weight excluding hydrogens is 458 g/mol. The number of terminal acetylenes is 1. The summed E-state index contributed by atoms with van der Waals surface area (Å²) in [4.78, 5) is 38.8. The van der Waals surface area contributed by atoms with E-state index in [1.807, 2.05) is 4.90 Å². The first-order valence-electron chi connectivity index (χ1n) is 10.1. The fraction of sp³-hybridized carbons (Fsp3) is 0.550. The van der Waals surface area contributed by atoms with Crippen molar-refractivity contribution in [2.75, 3.05) is 37.8 Å². The molecule has 0 saturated carbocycles. The molecule has 176 valence electrons. The van der Waals surface area contributed by atoms with Gasteiger partial charge in [-0.1, -0.05) is 5.92 Å². The number of hydrogen-bond donors (Lipinski definition) is 1. The molecule has 2 fully saturated rings. The average molecular weight is 480 g/mol. The van der Waals surface area contributed by atoms with E-state index in [1.54, 1.807) is 0 Å². The maximum atomic E-state index is 11.9. The zero-order valence-electron chi connectivity index (χ0n) is 17.9. The van der Waals surface area contributed by atoms with Gasteiger partial charge in [0.1, 0.15) is 6.10 Å². The molecule has 0 unspecified atom stereocenters. The van der Waals surface area contributed by atoms with E-state index in [1.165, 1.54) is 17.8 Å². The number of rotatable bonds is 5. The molecule has 0 bridgehead atoms. The SMILES string of the molecule is C#C[C@@]1(OC(C)=O)[C@@H](CO)O[C@@H](n2cnc3c(N4CCOCC4)nc(Cl)nc32)[C@@H]1OC(C)=O. The third kappa shape index (κ3) is 4.08. The zero-order valence-corrected chi connectivity index (χ0v) is 18.7. The number of aliphatic hydroxyl groups excluding tert-OH is 1. The molecule has 2 aliphatic rings. The molecule has 0 radical (unpaired) electrons. The van der Waals surface area contributed by atoms with Gasteiger partial charge in [-0.2, -0.15) is 9.97 Å². The van der Waals surface area contributed by atoms with E-state index in [-0.39, 0.29) is 10.9 Å². The lowest BCUT2D eigenvalue weighted by molar-refractivity contribution is -0.175. The highest BCUT2D eigenvalue weighted by Crippen LogP contribution is 2.43. The van der Waals surface area contributed by atoms with E-state index >= 15 is 0 Å². The van der Waals surface area contributed by atoms with Crippen molar-refractivity contribution in [2.24, 2.45) is 0 Å². The Bertz CT molecular complexity index is 1110. The number of morpholine rings is 1.